The normalized spacial score (nSPS) is 20.3. The predicted molar refractivity (Wildman–Crippen MR) is 146 cm³/mol. The lowest BCUT2D eigenvalue weighted by atomic mass is 9.73. The highest BCUT2D eigenvalue weighted by molar-refractivity contribution is 5.41. The highest BCUT2D eigenvalue weighted by Gasteiger charge is 2.35. The molecule has 2 aliphatic carbocycles. The second-order valence-corrected chi connectivity index (χ2v) is 11.7. The zero-order valence-electron chi connectivity index (χ0n) is 23.4. The summed E-state index contributed by atoms with van der Waals surface area (Å²) in [6.07, 6.45) is 3.89. The van der Waals surface area contributed by atoms with E-state index in [9.17, 15) is 17.6 Å². The van der Waals surface area contributed by atoms with Crippen LogP contribution in [-0.2, 0) is 25.7 Å². The summed E-state index contributed by atoms with van der Waals surface area (Å²) < 4.78 is 104. The molecule has 222 valence electrons. The molecule has 0 aromatic heterocycles. The van der Waals surface area contributed by atoms with Crippen molar-refractivity contribution in [2.75, 3.05) is 0 Å². The van der Waals surface area contributed by atoms with Gasteiger partial charge in [-0.25, -0.2) is 30.7 Å². The van der Waals surface area contributed by atoms with E-state index in [0.717, 1.165) is 0 Å². The van der Waals surface area contributed by atoms with E-state index in [1.54, 1.807) is 18.2 Å². The van der Waals surface area contributed by atoms with E-state index in [2.05, 4.69) is 0 Å². The monoisotopic (exact) mass is 587 g/mol. The molecule has 0 amide bonds. The number of hydrogen-bond acceptors (Lipinski definition) is 1. The molecule has 8 heteroatoms. The van der Waals surface area contributed by atoms with Crippen molar-refractivity contribution in [2.45, 2.75) is 89.4 Å². The molecule has 2 aliphatic rings. The molecule has 42 heavy (non-hydrogen) atoms. The van der Waals surface area contributed by atoms with Crippen LogP contribution in [0.5, 0.6) is 0 Å². The molecular formula is C34H32F7N. The maximum absolute atomic E-state index is 15.7. The first-order valence-electron chi connectivity index (χ1n) is 14.7. The summed E-state index contributed by atoms with van der Waals surface area (Å²) in [5.74, 6) is -8.09. The number of benzene rings is 3. The Morgan fingerprint density at radius 3 is 1.95 bits per heavy atom. The number of halogens is 7. The number of rotatable bonds is 7. The van der Waals surface area contributed by atoms with Crippen molar-refractivity contribution < 1.29 is 30.7 Å². The summed E-state index contributed by atoms with van der Waals surface area (Å²) in [6, 6.07) is 7.37. The van der Waals surface area contributed by atoms with Crippen LogP contribution < -0.4 is 0 Å². The molecule has 3 aromatic rings. The van der Waals surface area contributed by atoms with E-state index in [-0.39, 0.29) is 77.3 Å². The van der Waals surface area contributed by atoms with Crippen LogP contribution >= 0.6 is 0 Å². The van der Waals surface area contributed by atoms with Crippen LogP contribution in [-0.4, -0.2) is 0 Å². The van der Waals surface area contributed by atoms with Gasteiger partial charge in [-0.1, -0.05) is 31.5 Å². The van der Waals surface area contributed by atoms with Gasteiger partial charge in [0.1, 0.15) is 11.9 Å². The fraction of sp³-hybridized carbons (Fsp3) is 0.441. The molecule has 0 spiro atoms. The molecule has 1 atom stereocenters. The molecule has 0 bridgehead atoms. The van der Waals surface area contributed by atoms with Crippen molar-refractivity contribution in [2.24, 2.45) is 5.92 Å². The number of fused-ring (bicyclic) bond motifs is 1. The molecule has 0 radical (unpaired) electrons. The first-order valence-corrected chi connectivity index (χ1v) is 14.7. The fourth-order valence-corrected chi connectivity index (χ4v) is 6.90. The van der Waals surface area contributed by atoms with Crippen molar-refractivity contribution >= 4 is 0 Å². The number of aryl methyl sites for hydroxylation is 2. The Morgan fingerprint density at radius 1 is 0.667 bits per heavy atom. The average Bonchev–Trinajstić information content (AvgIpc) is 3.00. The van der Waals surface area contributed by atoms with E-state index >= 15 is 13.2 Å². The van der Waals surface area contributed by atoms with E-state index in [1.807, 2.05) is 6.92 Å². The second-order valence-electron chi connectivity index (χ2n) is 11.7. The Bertz CT molecular complexity index is 1530. The summed E-state index contributed by atoms with van der Waals surface area (Å²) in [6.45, 7) is 1.88. The van der Waals surface area contributed by atoms with Crippen LogP contribution in [0.2, 0.25) is 0 Å². The Labute approximate surface area is 241 Å². The quantitative estimate of drug-likeness (QED) is 0.199. The third-order valence-electron chi connectivity index (χ3n) is 9.25. The summed E-state index contributed by atoms with van der Waals surface area (Å²) in [5.41, 5.74) is 0.223. The van der Waals surface area contributed by atoms with Crippen molar-refractivity contribution in [1.82, 2.24) is 0 Å². The zero-order chi connectivity index (χ0) is 30.1. The molecule has 0 saturated heterocycles. The lowest BCUT2D eigenvalue weighted by molar-refractivity contribution is 0.348. The van der Waals surface area contributed by atoms with Crippen LogP contribution in [0.3, 0.4) is 0 Å². The minimum atomic E-state index is -1.20. The smallest absolute Gasteiger partial charge is 0.176 e. The van der Waals surface area contributed by atoms with Gasteiger partial charge in [-0.05, 0) is 116 Å². The molecule has 3 aromatic carbocycles. The molecule has 0 aliphatic heterocycles. The van der Waals surface area contributed by atoms with Gasteiger partial charge >= 0.3 is 0 Å². The van der Waals surface area contributed by atoms with Gasteiger partial charge in [0.15, 0.2) is 34.9 Å². The third kappa shape index (κ3) is 5.55. The van der Waals surface area contributed by atoms with Gasteiger partial charge in [-0.3, -0.25) is 0 Å². The van der Waals surface area contributed by atoms with Crippen molar-refractivity contribution in [3.63, 3.8) is 0 Å². The van der Waals surface area contributed by atoms with Gasteiger partial charge < -0.3 is 0 Å². The first kappa shape index (κ1) is 30.1. The lowest BCUT2D eigenvalue weighted by Crippen LogP contribution is -2.23. The molecule has 1 saturated carbocycles. The molecule has 5 rings (SSSR count). The molecule has 1 fully saturated rings. The molecule has 1 nitrogen and oxygen atoms in total. The highest BCUT2D eigenvalue weighted by atomic mass is 19.2. The van der Waals surface area contributed by atoms with Crippen LogP contribution in [0, 0.1) is 58.0 Å². The fourth-order valence-electron chi connectivity index (χ4n) is 6.90. The molecule has 0 N–H and O–H groups in total. The summed E-state index contributed by atoms with van der Waals surface area (Å²) >= 11 is 0. The van der Waals surface area contributed by atoms with Crippen molar-refractivity contribution in [3.05, 3.63) is 104 Å². The van der Waals surface area contributed by atoms with Gasteiger partial charge in [-0.2, -0.15) is 5.26 Å². The minimum Gasteiger partial charge on any atom is -0.206 e. The first-order chi connectivity index (χ1) is 20.2. The van der Waals surface area contributed by atoms with Gasteiger partial charge in [0.05, 0.1) is 5.56 Å². The summed E-state index contributed by atoms with van der Waals surface area (Å²) in [7, 11) is 0. The Hall–Kier alpha value is -3.34. The van der Waals surface area contributed by atoms with Gasteiger partial charge in [0.2, 0.25) is 0 Å². The van der Waals surface area contributed by atoms with Crippen LogP contribution in [0.4, 0.5) is 30.7 Å². The van der Waals surface area contributed by atoms with E-state index in [4.69, 9.17) is 5.26 Å². The molecule has 1 unspecified atom stereocenters. The maximum Gasteiger partial charge on any atom is 0.176 e. The van der Waals surface area contributed by atoms with Gasteiger partial charge in [0, 0.05) is 5.56 Å². The largest absolute Gasteiger partial charge is 0.206 e. The lowest BCUT2D eigenvalue weighted by Gasteiger charge is -2.32. The topological polar surface area (TPSA) is 23.8 Å². The second kappa shape index (κ2) is 12.5. The Balaban J connectivity index is 1.28. The van der Waals surface area contributed by atoms with Crippen LogP contribution in [0.15, 0.2) is 24.3 Å². The van der Waals surface area contributed by atoms with Crippen LogP contribution in [0.1, 0.15) is 103 Å². The molecular weight excluding hydrogens is 555 g/mol. The predicted octanol–water partition coefficient (Wildman–Crippen LogP) is 9.66. The summed E-state index contributed by atoms with van der Waals surface area (Å²) in [4.78, 5) is 0. The average molecular weight is 588 g/mol. The van der Waals surface area contributed by atoms with E-state index < -0.39 is 46.6 Å². The van der Waals surface area contributed by atoms with E-state index in [1.165, 1.54) is 12.1 Å². The molecule has 0 heterocycles. The Kier molecular flexibility index (Phi) is 8.96. The van der Waals surface area contributed by atoms with Crippen LogP contribution in [0.25, 0.3) is 0 Å². The van der Waals surface area contributed by atoms with Crippen molar-refractivity contribution in [1.29, 1.82) is 5.26 Å². The highest BCUT2D eigenvalue weighted by Crippen LogP contribution is 2.45. The zero-order valence-corrected chi connectivity index (χ0v) is 23.4. The minimum absolute atomic E-state index is 0.0127. The number of nitrogens with zero attached hydrogens (tertiary/aromatic N) is 1. The van der Waals surface area contributed by atoms with Gasteiger partial charge in [0.25, 0.3) is 0 Å². The standard InChI is InChI=1S/C34H32F7N/c1-2-3-21-11-12-22(29(36)28(21)35)6-4-18-5-14-25-26(16-18)33(40)34(41)27(31(25)38)20-9-7-19(8-10-20)24-15-13-23(17-42)30(37)32(24)39/h11-13,15,18-20H,2-10,14,16H2,1H3. The number of hydrogen-bond donors (Lipinski definition) is 0. The summed E-state index contributed by atoms with van der Waals surface area (Å²) in [5, 5.41) is 8.91. The third-order valence-corrected chi connectivity index (χ3v) is 9.25. The van der Waals surface area contributed by atoms with Gasteiger partial charge in [-0.15, -0.1) is 0 Å². The SMILES string of the molecule is CCCc1ccc(CCC2CCc3c(F)c(C4CCC(c5ccc(C#N)c(F)c5F)CC4)c(F)c(F)c3C2)c(F)c1F. The maximum atomic E-state index is 15.7. The Morgan fingerprint density at radius 2 is 1.31 bits per heavy atom. The van der Waals surface area contributed by atoms with E-state index in [0.29, 0.717) is 44.1 Å². The van der Waals surface area contributed by atoms with Crippen molar-refractivity contribution in [3.8, 4) is 6.07 Å². The number of nitriles is 1.